The Morgan fingerprint density at radius 3 is 2.30 bits per heavy atom. The Kier molecular flexibility index (Phi) is 11.6. The lowest BCUT2D eigenvalue weighted by atomic mass is 10.0. The molecule has 2 aromatic rings. The van der Waals surface area contributed by atoms with E-state index < -0.39 is 0 Å². The van der Waals surface area contributed by atoms with E-state index in [1.165, 1.54) is 11.1 Å². The summed E-state index contributed by atoms with van der Waals surface area (Å²) in [6, 6.07) is 9.38. The first kappa shape index (κ1) is 23.3. The first-order valence-electron chi connectivity index (χ1n) is 10.3. The fourth-order valence-corrected chi connectivity index (χ4v) is 2.98. The summed E-state index contributed by atoms with van der Waals surface area (Å²) in [5, 5.41) is 4.44. The van der Waals surface area contributed by atoms with Gasteiger partial charge in [-0.05, 0) is 56.2 Å². The molecule has 0 spiro atoms. The zero-order chi connectivity index (χ0) is 20.1. The van der Waals surface area contributed by atoms with Crippen LogP contribution in [-0.4, -0.2) is 16.9 Å². The minimum atomic E-state index is 0.186. The van der Waals surface area contributed by atoms with Crippen LogP contribution in [-0.2, 0) is 12.8 Å². The fourth-order valence-electron chi connectivity index (χ4n) is 2.80. The van der Waals surface area contributed by atoms with Crippen molar-refractivity contribution in [3.05, 3.63) is 46.2 Å². The number of alkyl halides is 1. The molecule has 0 radical (unpaired) electrons. The lowest BCUT2D eigenvalue weighted by Crippen LogP contribution is -2.23. The number of aromatic nitrogens is 1. The van der Waals surface area contributed by atoms with E-state index in [0.717, 1.165) is 49.4 Å². The summed E-state index contributed by atoms with van der Waals surface area (Å²) in [5.74, 6) is 0. The van der Waals surface area contributed by atoms with Crippen molar-refractivity contribution >= 4 is 29.8 Å². The number of rotatable bonds is 7. The SMILES string of the molecule is CC.CC.CC(Cl)Cc1ccc(CCCNc2nc3c(o2)=CCCC=3)cc1. The van der Waals surface area contributed by atoms with Crippen LogP contribution >= 0.6 is 11.6 Å². The van der Waals surface area contributed by atoms with Crippen molar-refractivity contribution < 1.29 is 4.42 Å². The third kappa shape index (κ3) is 8.21. The van der Waals surface area contributed by atoms with Crippen LogP contribution in [0.5, 0.6) is 0 Å². The highest BCUT2D eigenvalue weighted by atomic mass is 35.5. The second-order valence-corrected chi connectivity index (χ2v) is 6.83. The molecule has 0 fully saturated rings. The van der Waals surface area contributed by atoms with Crippen molar-refractivity contribution in [2.75, 3.05) is 11.9 Å². The molecule has 150 valence electrons. The first-order chi connectivity index (χ1) is 13.2. The van der Waals surface area contributed by atoms with E-state index in [4.69, 9.17) is 16.0 Å². The summed E-state index contributed by atoms with van der Waals surface area (Å²) >= 11 is 6.02. The van der Waals surface area contributed by atoms with Gasteiger partial charge in [-0.2, -0.15) is 4.98 Å². The number of fused-ring (bicyclic) bond motifs is 1. The Hall–Kier alpha value is -1.74. The highest BCUT2D eigenvalue weighted by Crippen LogP contribution is 2.11. The highest BCUT2D eigenvalue weighted by molar-refractivity contribution is 6.20. The lowest BCUT2D eigenvalue weighted by molar-refractivity contribution is 0.534. The Bertz CT molecular complexity index is 714. The predicted molar refractivity (Wildman–Crippen MR) is 119 cm³/mol. The molecule has 1 N–H and O–H groups in total. The van der Waals surface area contributed by atoms with Gasteiger partial charge in [0, 0.05) is 11.9 Å². The number of oxazole rings is 1. The predicted octanol–water partition coefficient (Wildman–Crippen LogP) is 5.30. The maximum absolute atomic E-state index is 6.02. The van der Waals surface area contributed by atoms with Crippen molar-refractivity contribution in [2.45, 2.75) is 72.1 Å². The normalized spacial score (nSPS) is 12.8. The molecular weight excluding hydrogens is 356 g/mol. The molecule has 0 bridgehead atoms. The Balaban J connectivity index is 0.000000855. The smallest absolute Gasteiger partial charge is 0.295 e. The number of hydrogen-bond acceptors (Lipinski definition) is 3. The molecule has 4 heteroatoms. The van der Waals surface area contributed by atoms with Crippen LogP contribution in [0.25, 0.3) is 12.2 Å². The summed E-state index contributed by atoms with van der Waals surface area (Å²) in [6.45, 7) is 10.9. The number of nitrogens with zero attached hydrogens (tertiary/aromatic N) is 1. The van der Waals surface area contributed by atoms with Gasteiger partial charge in [-0.3, -0.25) is 0 Å². The van der Waals surface area contributed by atoms with Gasteiger partial charge in [0.05, 0.1) is 0 Å². The minimum Gasteiger partial charge on any atom is -0.424 e. The van der Waals surface area contributed by atoms with Crippen LogP contribution in [0.3, 0.4) is 0 Å². The topological polar surface area (TPSA) is 38.1 Å². The molecule has 1 aliphatic carbocycles. The number of nitrogens with one attached hydrogen (secondary N) is 1. The molecule has 1 aromatic heterocycles. The van der Waals surface area contributed by atoms with Crippen LogP contribution in [0.15, 0.2) is 28.7 Å². The zero-order valence-electron chi connectivity index (χ0n) is 17.5. The van der Waals surface area contributed by atoms with Gasteiger partial charge in [0.15, 0.2) is 5.42 Å². The van der Waals surface area contributed by atoms with E-state index in [-0.39, 0.29) is 5.38 Å². The van der Waals surface area contributed by atoms with Gasteiger partial charge in [-0.15, -0.1) is 11.6 Å². The number of hydrogen-bond donors (Lipinski definition) is 1. The van der Waals surface area contributed by atoms with Gasteiger partial charge in [-0.25, -0.2) is 0 Å². The summed E-state index contributed by atoms with van der Waals surface area (Å²) < 4.78 is 5.69. The van der Waals surface area contributed by atoms with Crippen LogP contribution in [0, 0.1) is 0 Å². The van der Waals surface area contributed by atoms with E-state index in [9.17, 15) is 0 Å². The number of halogens is 1. The molecule has 1 heterocycles. The van der Waals surface area contributed by atoms with Crippen LogP contribution < -0.4 is 16.1 Å². The van der Waals surface area contributed by atoms with Crippen molar-refractivity contribution in [2.24, 2.45) is 0 Å². The third-order valence-corrected chi connectivity index (χ3v) is 4.13. The number of aryl methyl sites for hydroxylation is 1. The molecule has 0 amide bonds. The Morgan fingerprint density at radius 1 is 1.04 bits per heavy atom. The monoisotopic (exact) mass is 390 g/mol. The highest BCUT2D eigenvalue weighted by Gasteiger charge is 2.04. The molecule has 3 rings (SSSR count). The van der Waals surface area contributed by atoms with Crippen LogP contribution in [0.4, 0.5) is 6.01 Å². The number of anilines is 1. The second-order valence-electron chi connectivity index (χ2n) is 6.09. The molecule has 0 saturated carbocycles. The molecule has 27 heavy (non-hydrogen) atoms. The van der Waals surface area contributed by atoms with Gasteiger partial charge in [-0.1, -0.05) is 58.0 Å². The maximum Gasteiger partial charge on any atom is 0.295 e. The largest absolute Gasteiger partial charge is 0.424 e. The molecular formula is C23H35ClN2O. The van der Waals surface area contributed by atoms with E-state index in [1.807, 2.05) is 34.6 Å². The summed E-state index contributed by atoms with van der Waals surface area (Å²) in [6.07, 6.45) is 9.35. The fraction of sp³-hybridized carbons (Fsp3) is 0.522. The summed E-state index contributed by atoms with van der Waals surface area (Å²) in [4.78, 5) is 4.46. The average Bonchev–Trinajstić information content (AvgIpc) is 3.12. The van der Waals surface area contributed by atoms with Gasteiger partial charge >= 0.3 is 0 Å². The van der Waals surface area contributed by atoms with Crippen molar-refractivity contribution in [3.8, 4) is 0 Å². The molecule has 1 aromatic carbocycles. The maximum atomic E-state index is 6.02. The average molecular weight is 391 g/mol. The lowest BCUT2D eigenvalue weighted by Gasteiger charge is -2.06. The van der Waals surface area contributed by atoms with Crippen LogP contribution in [0.2, 0.25) is 0 Å². The summed E-state index contributed by atoms with van der Waals surface area (Å²) in [7, 11) is 0. The van der Waals surface area contributed by atoms with Crippen LogP contribution in [0.1, 0.15) is 65.0 Å². The third-order valence-electron chi connectivity index (χ3n) is 3.97. The number of benzene rings is 1. The molecule has 1 unspecified atom stereocenters. The summed E-state index contributed by atoms with van der Waals surface area (Å²) in [5.41, 5.74) is 3.56. The van der Waals surface area contributed by atoms with Gasteiger partial charge in [0.2, 0.25) is 0 Å². The van der Waals surface area contributed by atoms with Gasteiger partial charge in [0.1, 0.15) is 5.35 Å². The standard InChI is InChI=1S/C19H23ClN2O.2C2H6/c1-14(20)13-16-10-8-15(9-11-16)5-4-12-21-19-22-17-6-2-3-7-18(17)23-19;2*1-2/h6-11,14H,2-5,12-13H2,1H3,(H,21,22);2*1-2H3. The Morgan fingerprint density at radius 2 is 1.67 bits per heavy atom. The zero-order valence-corrected chi connectivity index (χ0v) is 18.3. The molecule has 3 nitrogen and oxygen atoms in total. The van der Waals surface area contributed by atoms with Crippen molar-refractivity contribution in [1.82, 2.24) is 4.98 Å². The van der Waals surface area contributed by atoms with Crippen molar-refractivity contribution in [3.63, 3.8) is 0 Å². The van der Waals surface area contributed by atoms with E-state index in [1.54, 1.807) is 0 Å². The molecule has 1 atom stereocenters. The van der Waals surface area contributed by atoms with E-state index >= 15 is 0 Å². The van der Waals surface area contributed by atoms with Gasteiger partial charge < -0.3 is 9.73 Å². The minimum absolute atomic E-state index is 0.186. The first-order valence-corrected chi connectivity index (χ1v) is 10.8. The molecule has 0 saturated heterocycles. The Labute approximate surface area is 169 Å². The van der Waals surface area contributed by atoms with E-state index in [2.05, 4.69) is 46.7 Å². The van der Waals surface area contributed by atoms with Crippen molar-refractivity contribution in [1.29, 1.82) is 0 Å². The molecule has 0 aliphatic heterocycles. The second kappa shape index (κ2) is 13.4. The molecule has 1 aliphatic rings. The van der Waals surface area contributed by atoms with Gasteiger partial charge in [0.25, 0.3) is 6.01 Å². The quantitative estimate of drug-likeness (QED) is 0.515. The van der Waals surface area contributed by atoms with E-state index in [0.29, 0.717) is 6.01 Å².